The minimum absolute atomic E-state index is 0.168. The smallest absolute Gasteiger partial charge is 0.276 e. The first-order valence-electron chi connectivity index (χ1n) is 8.89. The number of nitrogens with one attached hydrogen (secondary N) is 2. The second-order valence-corrected chi connectivity index (χ2v) is 6.94. The summed E-state index contributed by atoms with van der Waals surface area (Å²) in [6, 6.07) is 19.8. The predicted octanol–water partition coefficient (Wildman–Crippen LogP) is 4.51. The van der Waals surface area contributed by atoms with E-state index >= 15 is 0 Å². The van der Waals surface area contributed by atoms with Crippen molar-refractivity contribution in [3.63, 3.8) is 0 Å². The fraction of sp³-hybridized carbons (Fsp3) is 0.0909. The molecule has 0 unspecified atom stereocenters. The molecule has 0 aliphatic rings. The first-order chi connectivity index (χ1) is 14.5. The molecule has 0 aliphatic carbocycles. The Morgan fingerprint density at radius 1 is 0.900 bits per heavy atom. The number of carbonyl (C=O) groups excluding carboxylic acids is 2. The van der Waals surface area contributed by atoms with Crippen LogP contribution >= 0.6 is 23.2 Å². The summed E-state index contributed by atoms with van der Waals surface area (Å²) in [6.07, 6.45) is 0. The van der Waals surface area contributed by atoms with Crippen LogP contribution in [0.2, 0.25) is 10.0 Å². The highest BCUT2D eigenvalue weighted by Gasteiger charge is 2.14. The zero-order valence-corrected chi connectivity index (χ0v) is 17.5. The zero-order valence-electron chi connectivity index (χ0n) is 15.9. The van der Waals surface area contributed by atoms with Gasteiger partial charge in [0.25, 0.3) is 11.8 Å². The summed E-state index contributed by atoms with van der Waals surface area (Å²) in [4.78, 5) is 24.4. The predicted molar refractivity (Wildman–Crippen MR) is 116 cm³/mol. The molecule has 0 aromatic heterocycles. The third-order valence-electron chi connectivity index (χ3n) is 4.11. The normalized spacial score (nSPS) is 10.2. The summed E-state index contributed by atoms with van der Waals surface area (Å²) in [7, 11) is 1.42. The van der Waals surface area contributed by atoms with Gasteiger partial charge < -0.3 is 9.47 Å². The molecule has 154 valence electrons. The number of hydrazine groups is 1. The summed E-state index contributed by atoms with van der Waals surface area (Å²) in [6.45, 7) is -0.283. The summed E-state index contributed by atoms with van der Waals surface area (Å²) in [5, 5.41) is 0.365. The van der Waals surface area contributed by atoms with E-state index in [1.165, 1.54) is 19.2 Å². The van der Waals surface area contributed by atoms with Crippen LogP contribution in [0.5, 0.6) is 11.5 Å². The van der Waals surface area contributed by atoms with Crippen molar-refractivity contribution in [1.29, 1.82) is 0 Å². The third-order valence-corrected chi connectivity index (χ3v) is 4.67. The van der Waals surface area contributed by atoms with Gasteiger partial charge in [0.05, 0.1) is 17.2 Å². The second kappa shape index (κ2) is 10.0. The number of methoxy groups -OCH3 is 1. The van der Waals surface area contributed by atoms with E-state index in [0.29, 0.717) is 5.75 Å². The van der Waals surface area contributed by atoms with Crippen LogP contribution in [-0.4, -0.2) is 25.5 Å². The molecular weight excluding hydrogens is 427 g/mol. The van der Waals surface area contributed by atoms with Gasteiger partial charge in [-0.25, -0.2) is 0 Å². The number of halogens is 2. The monoisotopic (exact) mass is 444 g/mol. The van der Waals surface area contributed by atoms with E-state index in [1.807, 2.05) is 48.5 Å². The summed E-state index contributed by atoms with van der Waals surface area (Å²) < 4.78 is 10.7. The molecule has 0 saturated heterocycles. The highest BCUT2D eigenvalue weighted by atomic mass is 35.5. The van der Waals surface area contributed by atoms with Crippen LogP contribution in [0.4, 0.5) is 0 Å². The van der Waals surface area contributed by atoms with E-state index in [9.17, 15) is 9.59 Å². The minimum Gasteiger partial charge on any atom is -0.494 e. The number of para-hydroxylation sites is 1. The van der Waals surface area contributed by atoms with Crippen LogP contribution in [-0.2, 0) is 4.79 Å². The van der Waals surface area contributed by atoms with Gasteiger partial charge in [-0.3, -0.25) is 20.4 Å². The molecule has 8 heteroatoms. The van der Waals surface area contributed by atoms with Gasteiger partial charge in [-0.2, -0.15) is 0 Å². The molecule has 3 aromatic rings. The average Bonchev–Trinajstić information content (AvgIpc) is 2.76. The summed E-state index contributed by atoms with van der Waals surface area (Å²) >= 11 is 12.1. The van der Waals surface area contributed by atoms with Gasteiger partial charge in [0.1, 0.15) is 5.75 Å². The number of hydrogen-bond acceptors (Lipinski definition) is 4. The maximum atomic E-state index is 12.2. The lowest BCUT2D eigenvalue weighted by atomic mass is 10.1. The lowest BCUT2D eigenvalue weighted by Crippen LogP contribution is -2.43. The van der Waals surface area contributed by atoms with Gasteiger partial charge in [0.15, 0.2) is 12.4 Å². The number of hydrogen-bond donors (Lipinski definition) is 2. The van der Waals surface area contributed by atoms with Crippen LogP contribution < -0.4 is 20.3 Å². The van der Waals surface area contributed by atoms with E-state index in [4.69, 9.17) is 32.7 Å². The SMILES string of the molecule is COc1c(Cl)cc(C(=O)NNC(=O)COc2ccccc2-c2ccccc2)cc1Cl. The lowest BCUT2D eigenvalue weighted by Gasteiger charge is -2.13. The number of rotatable bonds is 6. The molecule has 0 radical (unpaired) electrons. The first kappa shape index (κ1) is 21.5. The van der Waals surface area contributed by atoms with Crippen LogP contribution in [0.25, 0.3) is 11.1 Å². The van der Waals surface area contributed by atoms with E-state index in [-0.39, 0.29) is 28.0 Å². The van der Waals surface area contributed by atoms with E-state index in [2.05, 4.69) is 10.9 Å². The number of carbonyl (C=O) groups is 2. The van der Waals surface area contributed by atoms with Gasteiger partial charge in [0.2, 0.25) is 0 Å². The standard InChI is InChI=1S/C22H18Cl2N2O4/c1-29-21-17(23)11-15(12-18(21)24)22(28)26-25-20(27)13-30-19-10-6-5-9-16(19)14-7-3-2-4-8-14/h2-12H,13H2,1H3,(H,25,27)(H,26,28). The molecule has 0 fully saturated rings. The van der Waals surface area contributed by atoms with E-state index in [0.717, 1.165) is 11.1 Å². The van der Waals surface area contributed by atoms with Crippen molar-refractivity contribution in [1.82, 2.24) is 10.9 Å². The lowest BCUT2D eigenvalue weighted by molar-refractivity contribution is -0.123. The molecule has 0 aliphatic heterocycles. The molecule has 3 aromatic carbocycles. The summed E-state index contributed by atoms with van der Waals surface area (Å²) in [5.74, 6) is -0.292. The van der Waals surface area contributed by atoms with Gasteiger partial charge >= 0.3 is 0 Å². The molecular formula is C22H18Cl2N2O4. The van der Waals surface area contributed by atoms with Crippen molar-refractivity contribution in [3.05, 3.63) is 82.3 Å². The Morgan fingerprint density at radius 3 is 2.20 bits per heavy atom. The van der Waals surface area contributed by atoms with Crippen molar-refractivity contribution in [3.8, 4) is 22.6 Å². The van der Waals surface area contributed by atoms with Crippen LogP contribution in [0.3, 0.4) is 0 Å². The van der Waals surface area contributed by atoms with Gasteiger partial charge in [-0.1, -0.05) is 71.7 Å². The van der Waals surface area contributed by atoms with Crippen molar-refractivity contribution < 1.29 is 19.1 Å². The van der Waals surface area contributed by atoms with Crippen molar-refractivity contribution in [2.45, 2.75) is 0 Å². The Hall–Kier alpha value is -3.22. The zero-order chi connectivity index (χ0) is 21.5. The fourth-order valence-electron chi connectivity index (χ4n) is 2.71. The highest BCUT2D eigenvalue weighted by molar-refractivity contribution is 6.37. The Morgan fingerprint density at radius 2 is 1.53 bits per heavy atom. The average molecular weight is 445 g/mol. The van der Waals surface area contributed by atoms with Crippen molar-refractivity contribution in [2.75, 3.05) is 13.7 Å². The number of benzene rings is 3. The summed E-state index contributed by atoms with van der Waals surface area (Å²) in [5.41, 5.74) is 6.59. The molecule has 0 bridgehead atoms. The minimum atomic E-state index is -0.584. The molecule has 0 heterocycles. The largest absolute Gasteiger partial charge is 0.494 e. The molecule has 0 spiro atoms. The highest BCUT2D eigenvalue weighted by Crippen LogP contribution is 2.33. The quantitative estimate of drug-likeness (QED) is 0.548. The Labute approximate surface area is 183 Å². The maximum Gasteiger partial charge on any atom is 0.276 e. The number of amides is 2. The molecule has 6 nitrogen and oxygen atoms in total. The van der Waals surface area contributed by atoms with Crippen molar-refractivity contribution >= 4 is 35.0 Å². The van der Waals surface area contributed by atoms with E-state index in [1.54, 1.807) is 6.07 Å². The van der Waals surface area contributed by atoms with Gasteiger partial charge in [0, 0.05) is 11.1 Å². The van der Waals surface area contributed by atoms with E-state index < -0.39 is 11.8 Å². The van der Waals surface area contributed by atoms with Crippen LogP contribution in [0.15, 0.2) is 66.7 Å². The van der Waals surface area contributed by atoms with Crippen molar-refractivity contribution in [2.24, 2.45) is 0 Å². The van der Waals surface area contributed by atoms with Crippen LogP contribution in [0.1, 0.15) is 10.4 Å². The first-order valence-corrected chi connectivity index (χ1v) is 9.64. The Balaban J connectivity index is 1.58. The molecule has 30 heavy (non-hydrogen) atoms. The van der Waals surface area contributed by atoms with Crippen LogP contribution in [0, 0.1) is 0 Å². The molecule has 2 amide bonds. The topological polar surface area (TPSA) is 76.7 Å². The Kier molecular flexibility index (Phi) is 7.17. The molecule has 0 saturated carbocycles. The fourth-order valence-corrected chi connectivity index (χ4v) is 3.35. The third kappa shape index (κ3) is 5.23. The second-order valence-electron chi connectivity index (χ2n) is 6.13. The Bertz CT molecular complexity index is 1040. The maximum absolute atomic E-state index is 12.2. The van der Waals surface area contributed by atoms with Gasteiger partial charge in [-0.15, -0.1) is 0 Å². The number of ether oxygens (including phenoxy) is 2. The molecule has 2 N–H and O–H groups in total. The molecule has 0 atom stereocenters. The molecule has 3 rings (SSSR count). The van der Waals surface area contributed by atoms with Gasteiger partial charge in [-0.05, 0) is 23.8 Å².